The van der Waals surface area contributed by atoms with Gasteiger partial charge in [0.05, 0.1) is 11.4 Å². The van der Waals surface area contributed by atoms with Crippen molar-refractivity contribution in [3.05, 3.63) is 28.6 Å². The lowest BCUT2D eigenvalue weighted by atomic mass is 10.1. The van der Waals surface area contributed by atoms with Crippen LogP contribution in [-0.4, -0.2) is 15.3 Å². The number of nitrogens with one attached hydrogen (secondary N) is 1. The second-order valence-corrected chi connectivity index (χ2v) is 6.22. The highest BCUT2D eigenvalue weighted by Gasteiger charge is 2.08. The van der Waals surface area contributed by atoms with Gasteiger partial charge in [-0.1, -0.05) is 20.3 Å². The molecule has 1 N–H and O–H groups in total. The zero-order valence-corrected chi connectivity index (χ0v) is 13.7. The van der Waals surface area contributed by atoms with E-state index in [9.17, 15) is 4.79 Å². The Balaban J connectivity index is 2.02. The van der Waals surface area contributed by atoms with Crippen LogP contribution in [0.15, 0.2) is 22.9 Å². The van der Waals surface area contributed by atoms with E-state index in [-0.39, 0.29) is 5.91 Å². The molecule has 0 saturated carbocycles. The molecule has 20 heavy (non-hydrogen) atoms. The van der Waals surface area contributed by atoms with Gasteiger partial charge in [0, 0.05) is 12.6 Å². The van der Waals surface area contributed by atoms with Gasteiger partial charge in [-0.15, -0.1) is 0 Å². The van der Waals surface area contributed by atoms with Crippen LogP contribution in [0.4, 0.5) is 5.69 Å². The Hall–Kier alpha value is -1.36. The Labute approximate surface area is 127 Å². The van der Waals surface area contributed by atoms with Gasteiger partial charge in [0.25, 0.3) is 0 Å². The number of pyridine rings is 1. The van der Waals surface area contributed by atoms with Gasteiger partial charge < -0.3 is 9.72 Å². The van der Waals surface area contributed by atoms with Crippen LogP contribution in [0.1, 0.15) is 38.8 Å². The summed E-state index contributed by atoms with van der Waals surface area (Å²) in [6, 6.07) is 3.79. The molecular formula is C15H20BrN3O. The predicted molar refractivity (Wildman–Crippen MR) is 84.9 cm³/mol. The lowest BCUT2D eigenvalue weighted by Gasteiger charge is -2.07. The van der Waals surface area contributed by atoms with Gasteiger partial charge in [-0.25, -0.2) is 4.98 Å². The SMILES string of the molecule is Cc1c(Br)nc2ccc(NC(=O)CCCC(C)C)cn12. The minimum atomic E-state index is 0.0711. The van der Waals surface area contributed by atoms with E-state index < -0.39 is 0 Å². The molecule has 2 aromatic heterocycles. The molecule has 0 unspecified atom stereocenters. The Kier molecular flexibility index (Phi) is 4.81. The zero-order valence-electron chi connectivity index (χ0n) is 12.1. The predicted octanol–water partition coefficient (Wildman–Crippen LogP) is 4.17. The number of amides is 1. The third kappa shape index (κ3) is 3.60. The average molecular weight is 338 g/mol. The summed E-state index contributed by atoms with van der Waals surface area (Å²) in [5, 5.41) is 2.94. The largest absolute Gasteiger partial charge is 0.325 e. The van der Waals surface area contributed by atoms with Gasteiger partial charge in [-0.2, -0.15) is 0 Å². The van der Waals surface area contributed by atoms with Crippen LogP contribution in [0, 0.1) is 12.8 Å². The summed E-state index contributed by atoms with van der Waals surface area (Å²) in [7, 11) is 0. The third-order valence-corrected chi connectivity index (χ3v) is 4.02. The quantitative estimate of drug-likeness (QED) is 0.889. The molecule has 5 heteroatoms. The molecule has 0 radical (unpaired) electrons. The second kappa shape index (κ2) is 6.39. The number of imidazole rings is 1. The third-order valence-electron chi connectivity index (χ3n) is 3.27. The number of hydrogen-bond acceptors (Lipinski definition) is 2. The molecule has 108 valence electrons. The Bertz CT molecular complexity index is 619. The molecule has 4 nitrogen and oxygen atoms in total. The zero-order chi connectivity index (χ0) is 14.7. The maximum atomic E-state index is 11.9. The first-order valence-corrected chi connectivity index (χ1v) is 7.70. The fourth-order valence-electron chi connectivity index (χ4n) is 2.10. The summed E-state index contributed by atoms with van der Waals surface area (Å²) in [5.41, 5.74) is 2.70. The van der Waals surface area contributed by atoms with E-state index in [1.807, 2.05) is 29.7 Å². The highest BCUT2D eigenvalue weighted by molar-refractivity contribution is 9.10. The number of aromatic nitrogens is 2. The molecule has 0 aromatic carbocycles. The van der Waals surface area contributed by atoms with Crippen LogP contribution in [0.5, 0.6) is 0 Å². The van der Waals surface area contributed by atoms with Crippen molar-refractivity contribution >= 4 is 33.2 Å². The van der Waals surface area contributed by atoms with Crippen LogP contribution in [0.3, 0.4) is 0 Å². The van der Waals surface area contributed by atoms with E-state index in [4.69, 9.17) is 0 Å². The molecular weight excluding hydrogens is 318 g/mol. The Morgan fingerprint density at radius 2 is 2.20 bits per heavy atom. The van der Waals surface area contributed by atoms with Gasteiger partial charge >= 0.3 is 0 Å². The summed E-state index contributed by atoms with van der Waals surface area (Å²) >= 11 is 3.41. The summed E-state index contributed by atoms with van der Waals surface area (Å²) in [5.74, 6) is 0.715. The molecule has 0 atom stereocenters. The minimum Gasteiger partial charge on any atom is -0.325 e. The van der Waals surface area contributed by atoms with Crippen LogP contribution in [0.2, 0.25) is 0 Å². The smallest absolute Gasteiger partial charge is 0.224 e. The van der Waals surface area contributed by atoms with Gasteiger partial charge in [-0.3, -0.25) is 4.79 Å². The van der Waals surface area contributed by atoms with Gasteiger partial charge in [0.2, 0.25) is 5.91 Å². The molecule has 0 aliphatic rings. The van der Waals surface area contributed by atoms with Crippen LogP contribution < -0.4 is 5.32 Å². The Morgan fingerprint density at radius 3 is 2.90 bits per heavy atom. The second-order valence-electron chi connectivity index (χ2n) is 5.47. The topological polar surface area (TPSA) is 46.4 Å². The van der Waals surface area contributed by atoms with Gasteiger partial charge in [-0.05, 0) is 47.3 Å². The molecule has 0 aliphatic heterocycles. The first kappa shape index (κ1) is 15.0. The molecule has 0 saturated heterocycles. The Morgan fingerprint density at radius 1 is 1.45 bits per heavy atom. The van der Waals surface area contributed by atoms with Crippen LogP contribution in [0.25, 0.3) is 5.65 Å². The van der Waals surface area contributed by atoms with Crippen molar-refractivity contribution in [2.45, 2.75) is 40.0 Å². The number of carbonyl (C=O) groups excluding carboxylic acids is 1. The van der Waals surface area contributed by atoms with E-state index in [2.05, 4.69) is 40.1 Å². The first-order chi connectivity index (χ1) is 9.47. The van der Waals surface area contributed by atoms with Crippen molar-refractivity contribution in [3.8, 4) is 0 Å². The molecule has 0 bridgehead atoms. The molecule has 2 heterocycles. The maximum Gasteiger partial charge on any atom is 0.224 e. The average Bonchev–Trinajstić information content (AvgIpc) is 2.65. The summed E-state index contributed by atoms with van der Waals surface area (Å²) < 4.78 is 2.80. The maximum absolute atomic E-state index is 11.9. The standard InChI is InChI=1S/C15H20BrN3O/c1-10(2)5-4-6-14(20)17-12-7-8-13-18-15(16)11(3)19(13)9-12/h7-10H,4-6H2,1-3H3,(H,17,20). The minimum absolute atomic E-state index is 0.0711. The van der Waals surface area contributed by atoms with E-state index in [1.165, 1.54) is 0 Å². The molecule has 1 amide bonds. The van der Waals surface area contributed by atoms with E-state index >= 15 is 0 Å². The number of aryl methyl sites for hydroxylation is 1. The summed E-state index contributed by atoms with van der Waals surface area (Å²) in [6.45, 7) is 6.33. The lowest BCUT2D eigenvalue weighted by Crippen LogP contribution is -2.12. The monoisotopic (exact) mass is 337 g/mol. The normalized spacial score (nSPS) is 11.2. The number of hydrogen-bond donors (Lipinski definition) is 1. The number of anilines is 1. The van der Waals surface area contributed by atoms with Crippen LogP contribution in [-0.2, 0) is 4.79 Å². The number of halogens is 1. The molecule has 0 aliphatic carbocycles. The highest BCUT2D eigenvalue weighted by Crippen LogP contribution is 2.19. The van der Waals surface area contributed by atoms with E-state index in [1.54, 1.807) is 0 Å². The van der Waals surface area contributed by atoms with E-state index in [0.717, 1.165) is 34.5 Å². The van der Waals surface area contributed by atoms with Crippen molar-refractivity contribution in [2.24, 2.45) is 5.92 Å². The van der Waals surface area contributed by atoms with Crippen molar-refractivity contribution < 1.29 is 4.79 Å². The molecule has 0 spiro atoms. The van der Waals surface area contributed by atoms with Crippen LogP contribution >= 0.6 is 15.9 Å². The first-order valence-electron chi connectivity index (χ1n) is 6.91. The fraction of sp³-hybridized carbons (Fsp3) is 0.467. The van der Waals surface area contributed by atoms with Crippen molar-refractivity contribution in [2.75, 3.05) is 5.32 Å². The molecule has 2 rings (SSSR count). The van der Waals surface area contributed by atoms with Gasteiger partial charge in [0.1, 0.15) is 10.3 Å². The number of fused-ring (bicyclic) bond motifs is 1. The fourth-order valence-corrected chi connectivity index (χ4v) is 2.47. The highest BCUT2D eigenvalue weighted by atomic mass is 79.9. The number of nitrogens with zero attached hydrogens (tertiary/aromatic N) is 2. The van der Waals surface area contributed by atoms with Crippen molar-refractivity contribution in [1.29, 1.82) is 0 Å². The van der Waals surface area contributed by atoms with E-state index in [0.29, 0.717) is 12.3 Å². The summed E-state index contributed by atoms with van der Waals surface area (Å²) in [4.78, 5) is 16.2. The lowest BCUT2D eigenvalue weighted by molar-refractivity contribution is -0.116. The van der Waals surface area contributed by atoms with Crippen molar-refractivity contribution in [3.63, 3.8) is 0 Å². The van der Waals surface area contributed by atoms with Crippen molar-refractivity contribution in [1.82, 2.24) is 9.38 Å². The van der Waals surface area contributed by atoms with Gasteiger partial charge in [0.15, 0.2) is 0 Å². The number of carbonyl (C=O) groups is 1. The molecule has 0 fully saturated rings. The molecule has 2 aromatic rings. The number of rotatable bonds is 5. The summed E-state index contributed by atoms with van der Waals surface area (Å²) in [6.07, 6.45) is 4.49.